The fourth-order valence-electron chi connectivity index (χ4n) is 2.88. The summed E-state index contributed by atoms with van der Waals surface area (Å²) in [6, 6.07) is 9.66. The number of hydrogen-bond acceptors (Lipinski definition) is 3. The van der Waals surface area contributed by atoms with Crippen LogP contribution in [0.3, 0.4) is 0 Å². The molecule has 0 spiro atoms. The maximum atomic E-state index is 11.7. The van der Waals surface area contributed by atoms with Crippen LogP contribution in [0.25, 0.3) is 0 Å². The van der Waals surface area contributed by atoms with E-state index in [1.165, 1.54) is 0 Å². The van der Waals surface area contributed by atoms with E-state index in [-0.39, 0.29) is 12.2 Å². The number of carbonyl (C=O) groups excluding carboxylic acids is 1. The van der Waals surface area contributed by atoms with Crippen molar-refractivity contribution in [1.29, 1.82) is 0 Å². The van der Waals surface area contributed by atoms with E-state index in [2.05, 4.69) is 5.32 Å². The van der Waals surface area contributed by atoms with Gasteiger partial charge in [0.25, 0.3) is 0 Å². The van der Waals surface area contributed by atoms with Gasteiger partial charge in [0.05, 0.1) is 6.10 Å². The molecule has 1 fully saturated rings. The number of benzene rings is 1. The summed E-state index contributed by atoms with van der Waals surface area (Å²) in [6.07, 6.45) is 3.65. The molecule has 1 aromatic rings. The third kappa shape index (κ3) is 5.38. The summed E-state index contributed by atoms with van der Waals surface area (Å²) in [4.78, 5) is 11.7. The Hall–Kier alpha value is -1.55. The smallest absolute Gasteiger partial charge is 0.407 e. The third-order valence-corrected chi connectivity index (χ3v) is 4.32. The molecule has 2 N–H and O–H groups in total. The lowest BCUT2D eigenvalue weighted by Crippen LogP contribution is -2.33. The number of aliphatic hydroxyl groups is 1. The van der Waals surface area contributed by atoms with Crippen LogP contribution in [0.5, 0.6) is 0 Å². The second kappa shape index (κ2) is 8.03. The van der Waals surface area contributed by atoms with Gasteiger partial charge in [-0.3, -0.25) is 0 Å². The summed E-state index contributed by atoms with van der Waals surface area (Å²) in [5.74, 6) is 0.926. The highest BCUT2D eigenvalue weighted by Gasteiger charge is 2.24. The summed E-state index contributed by atoms with van der Waals surface area (Å²) in [5, 5.41) is 12.4. The maximum Gasteiger partial charge on any atom is 0.407 e. The highest BCUT2D eigenvalue weighted by molar-refractivity contribution is 5.67. The Bertz CT molecular complexity index is 425. The summed E-state index contributed by atoms with van der Waals surface area (Å²) in [7, 11) is 0. The molecule has 1 unspecified atom stereocenters. The standard InChI is InChI=1S/C17H25NO3/c1-13(19)16-9-7-14(8-10-16)11-18-17(20)21-12-15-5-3-2-4-6-15/h2-6,13-14,16,19H,7-12H2,1H3,(H,18,20). The maximum absolute atomic E-state index is 11.7. The van der Waals surface area contributed by atoms with Crippen LogP contribution in [0.4, 0.5) is 4.79 Å². The molecule has 1 aliphatic rings. The molecule has 1 saturated carbocycles. The minimum absolute atomic E-state index is 0.213. The molecule has 0 aliphatic heterocycles. The van der Waals surface area contributed by atoms with Crippen LogP contribution in [0.2, 0.25) is 0 Å². The highest BCUT2D eigenvalue weighted by atomic mass is 16.5. The van der Waals surface area contributed by atoms with Crippen LogP contribution in [0.1, 0.15) is 38.2 Å². The molecule has 4 nitrogen and oxygen atoms in total. The third-order valence-electron chi connectivity index (χ3n) is 4.32. The predicted octanol–water partition coefficient (Wildman–Crippen LogP) is 3.10. The van der Waals surface area contributed by atoms with Crippen molar-refractivity contribution in [2.45, 2.75) is 45.3 Å². The monoisotopic (exact) mass is 291 g/mol. The van der Waals surface area contributed by atoms with E-state index >= 15 is 0 Å². The van der Waals surface area contributed by atoms with Gasteiger partial charge in [-0.2, -0.15) is 0 Å². The first-order valence-electron chi connectivity index (χ1n) is 7.77. The Morgan fingerprint density at radius 1 is 1.29 bits per heavy atom. The molecule has 0 bridgehead atoms. The summed E-state index contributed by atoms with van der Waals surface area (Å²) < 4.78 is 5.19. The van der Waals surface area contributed by atoms with Crippen molar-refractivity contribution in [3.05, 3.63) is 35.9 Å². The van der Waals surface area contributed by atoms with Crippen molar-refractivity contribution in [1.82, 2.24) is 5.32 Å². The van der Waals surface area contributed by atoms with E-state index in [0.29, 0.717) is 25.0 Å². The van der Waals surface area contributed by atoms with Gasteiger partial charge in [-0.25, -0.2) is 4.79 Å². The summed E-state index contributed by atoms with van der Waals surface area (Å²) in [5.41, 5.74) is 0.991. The van der Waals surface area contributed by atoms with Crippen LogP contribution in [-0.4, -0.2) is 23.8 Å². The molecular weight excluding hydrogens is 266 g/mol. The summed E-state index contributed by atoms with van der Waals surface area (Å²) >= 11 is 0. The van der Waals surface area contributed by atoms with Crippen molar-refractivity contribution < 1.29 is 14.6 Å². The molecule has 0 saturated heterocycles. The van der Waals surface area contributed by atoms with Gasteiger partial charge in [0.2, 0.25) is 0 Å². The summed E-state index contributed by atoms with van der Waals surface area (Å²) in [6.45, 7) is 2.84. The number of ether oxygens (including phenoxy) is 1. The van der Waals surface area contributed by atoms with Crippen LogP contribution in [-0.2, 0) is 11.3 Å². The number of aliphatic hydroxyl groups excluding tert-OH is 1. The van der Waals surface area contributed by atoms with Gasteiger partial charge in [0.1, 0.15) is 6.61 Å². The molecule has 2 rings (SSSR count). The molecular formula is C17H25NO3. The number of amides is 1. The zero-order chi connectivity index (χ0) is 15.1. The number of hydrogen-bond donors (Lipinski definition) is 2. The van der Waals surface area contributed by atoms with Crippen LogP contribution < -0.4 is 5.32 Å². The number of rotatable bonds is 5. The zero-order valence-corrected chi connectivity index (χ0v) is 12.6. The molecule has 116 valence electrons. The molecule has 4 heteroatoms. The lowest BCUT2D eigenvalue weighted by atomic mass is 9.80. The van der Waals surface area contributed by atoms with Gasteiger partial charge in [0, 0.05) is 6.54 Å². The molecule has 1 amide bonds. The van der Waals surface area contributed by atoms with Gasteiger partial charge >= 0.3 is 6.09 Å². The second-order valence-corrected chi connectivity index (χ2v) is 5.96. The van der Waals surface area contributed by atoms with E-state index < -0.39 is 0 Å². The molecule has 1 aromatic carbocycles. The lowest BCUT2D eigenvalue weighted by Gasteiger charge is -2.30. The first-order valence-corrected chi connectivity index (χ1v) is 7.77. The Morgan fingerprint density at radius 3 is 2.57 bits per heavy atom. The Labute approximate surface area is 126 Å². The normalized spacial score (nSPS) is 23.3. The first kappa shape index (κ1) is 15.8. The average molecular weight is 291 g/mol. The Morgan fingerprint density at radius 2 is 1.95 bits per heavy atom. The number of alkyl carbamates (subject to hydrolysis) is 1. The van der Waals surface area contributed by atoms with Gasteiger partial charge in [-0.1, -0.05) is 30.3 Å². The van der Waals surface area contributed by atoms with Crippen molar-refractivity contribution >= 4 is 6.09 Å². The van der Waals surface area contributed by atoms with E-state index in [1.807, 2.05) is 37.3 Å². The van der Waals surface area contributed by atoms with Crippen LogP contribution in [0, 0.1) is 11.8 Å². The molecule has 1 aliphatic carbocycles. The number of carbonyl (C=O) groups is 1. The Balaban J connectivity index is 1.61. The van der Waals surface area contributed by atoms with E-state index in [0.717, 1.165) is 31.2 Å². The quantitative estimate of drug-likeness (QED) is 0.876. The fourth-order valence-corrected chi connectivity index (χ4v) is 2.88. The van der Waals surface area contributed by atoms with Crippen molar-refractivity contribution in [3.63, 3.8) is 0 Å². The fraction of sp³-hybridized carbons (Fsp3) is 0.588. The van der Waals surface area contributed by atoms with Gasteiger partial charge in [-0.05, 0) is 50.0 Å². The lowest BCUT2D eigenvalue weighted by molar-refractivity contribution is 0.0870. The van der Waals surface area contributed by atoms with Crippen LogP contribution >= 0.6 is 0 Å². The molecule has 0 radical (unpaired) electrons. The zero-order valence-electron chi connectivity index (χ0n) is 12.6. The Kier molecular flexibility index (Phi) is 6.05. The molecule has 0 aromatic heterocycles. The molecule has 21 heavy (non-hydrogen) atoms. The van der Waals surface area contributed by atoms with Gasteiger partial charge in [-0.15, -0.1) is 0 Å². The second-order valence-electron chi connectivity index (χ2n) is 5.96. The van der Waals surface area contributed by atoms with Gasteiger partial charge in [0.15, 0.2) is 0 Å². The van der Waals surface area contributed by atoms with Crippen molar-refractivity contribution in [2.24, 2.45) is 11.8 Å². The molecule has 1 atom stereocenters. The highest BCUT2D eigenvalue weighted by Crippen LogP contribution is 2.30. The van der Waals surface area contributed by atoms with Gasteiger partial charge < -0.3 is 15.2 Å². The predicted molar refractivity (Wildman–Crippen MR) is 81.8 cm³/mol. The average Bonchev–Trinajstić information content (AvgIpc) is 2.52. The molecule has 0 heterocycles. The first-order chi connectivity index (χ1) is 10.1. The number of nitrogens with one attached hydrogen (secondary N) is 1. The van der Waals surface area contributed by atoms with E-state index in [9.17, 15) is 9.90 Å². The SMILES string of the molecule is CC(O)C1CCC(CNC(=O)OCc2ccccc2)CC1. The van der Waals surface area contributed by atoms with E-state index in [1.54, 1.807) is 0 Å². The van der Waals surface area contributed by atoms with Crippen molar-refractivity contribution in [2.75, 3.05) is 6.54 Å². The topological polar surface area (TPSA) is 58.6 Å². The van der Waals surface area contributed by atoms with Crippen molar-refractivity contribution in [3.8, 4) is 0 Å². The largest absolute Gasteiger partial charge is 0.445 e. The van der Waals surface area contributed by atoms with E-state index in [4.69, 9.17) is 4.74 Å². The minimum atomic E-state index is -0.350. The minimum Gasteiger partial charge on any atom is -0.445 e. The van der Waals surface area contributed by atoms with Crippen LogP contribution in [0.15, 0.2) is 30.3 Å².